The van der Waals surface area contributed by atoms with Crippen LogP contribution in [0.3, 0.4) is 0 Å². The average Bonchev–Trinajstić information content (AvgIpc) is 2.68. The van der Waals surface area contributed by atoms with Crippen LogP contribution in [-0.4, -0.2) is 53.6 Å². The molecular formula is C13H24N4. The molecule has 2 heterocycles. The van der Waals surface area contributed by atoms with E-state index in [1.165, 1.54) is 5.56 Å². The molecule has 2 rings (SSSR count). The van der Waals surface area contributed by atoms with Crippen LogP contribution >= 0.6 is 0 Å². The molecule has 0 amide bonds. The summed E-state index contributed by atoms with van der Waals surface area (Å²) in [6, 6.07) is 2.71. The van der Waals surface area contributed by atoms with Gasteiger partial charge in [0.1, 0.15) is 0 Å². The minimum absolute atomic E-state index is 0.167. The summed E-state index contributed by atoms with van der Waals surface area (Å²) in [7, 11) is 4.24. The molecule has 17 heavy (non-hydrogen) atoms. The fourth-order valence-electron chi connectivity index (χ4n) is 2.65. The number of likely N-dealkylation sites (N-methyl/N-ethyl adjacent to an activating group) is 1. The molecule has 1 fully saturated rings. The van der Waals surface area contributed by atoms with Crippen molar-refractivity contribution in [2.45, 2.75) is 19.0 Å². The summed E-state index contributed by atoms with van der Waals surface area (Å²) in [6.45, 7) is 6.59. The summed E-state index contributed by atoms with van der Waals surface area (Å²) in [5.41, 5.74) is 7.52. The zero-order valence-corrected chi connectivity index (χ0v) is 11.1. The lowest BCUT2D eigenvalue weighted by Crippen LogP contribution is -2.49. The van der Waals surface area contributed by atoms with Gasteiger partial charge in [0.15, 0.2) is 0 Å². The number of aryl methyl sites for hydroxylation is 1. The molecule has 0 spiro atoms. The lowest BCUT2D eigenvalue weighted by Gasteiger charge is -2.39. The monoisotopic (exact) mass is 236 g/mol. The van der Waals surface area contributed by atoms with Crippen LogP contribution in [0.15, 0.2) is 18.5 Å². The Morgan fingerprint density at radius 1 is 1.18 bits per heavy atom. The number of aromatic nitrogens is 1. The summed E-state index contributed by atoms with van der Waals surface area (Å²) < 4.78 is 2.10. The van der Waals surface area contributed by atoms with Gasteiger partial charge in [-0.1, -0.05) is 0 Å². The second kappa shape index (κ2) is 5.21. The zero-order valence-electron chi connectivity index (χ0n) is 11.1. The van der Waals surface area contributed by atoms with E-state index in [0.717, 1.165) is 26.2 Å². The van der Waals surface area contributed by atoms with Crippen molar-refractivity contribution in [2.24, 2.45) is 12.8 Å². The molecule has 1 aliphatic heterocycles. The molecule has 2 N–H and O–H groups in total. The number of hydrogen-bond acceptors (Lipinski definition) is 3. The van der Waals surface area contributed by atoms with E-state index < -0.39 is 0 Å². The predicted octanol–water partition coefficient (Wildman–Crippen LogP) is 0.661. The van der Waals surface area contributed by atoms with Crippen molar-refractivity contribution in [1.82, 2.24) is 14.4 Å². The Bertz CT molecular complexity index is 350. The Labute approximate surface area is 104 Å². The first-order chi connectivity index (χ1) is 8.08. The third-order valence-electron chi connectivity index (χ3n) is 3.63. The minimum atomic E-state index is 0.167. The van der Waals surface area contributed by atoms with E-state index in [1.54, 1.807) is 0 Å². The van der Waals surface area contributed by atoms with E-state index in [-0.39, 0.29) is 6.04 Å². The number of nitrogens with zero attached hydrogens (tertiary/aromatic N) is 3. The number of piperazine rings is 1. The summed E-state index contributed by atoms with van der Waals surface area (Å²) in [5.74, 6) is 0. The molecule has 4 nitrogen and oxygen atoms in total. The van der Waals surface area contributed by atoms with Crippen molar-refractivity contribution in [3.05, 3.63) is 24.0 Å². The third-order valence-corrected chi connectivity index (χ3v) is 3.63. The van der Waals surface area contributed by atoms with Gasteiger partial charge in [0.25, 0.3) is 0 Å². The van der Waals surface area contributed by atoms with Gasteiger partial charge in [-0.2, -0.15) is 0 Å². The maximum absolute atomic E-state index is 6.18. The molecule has 1 aromatic rings. The summed E-state index contributed by atoms with van der Waals surface area (Å²) in [4.78, 5) is 4.89. The quantitative estimate of drug-likeness (QED) is 0.838. The number of hydrogen-bond donors (Lipinski definition) is 1. The highest BCUT2D eigenvalue weighted by atomic mass is 15.3. The SMILES string of the molecule is CC(N)C(c1ccn(C)c1)N1CCN(C)CC1. The summed E-state index contributed by atoms with van der Waals surface area (Å²) in [5, 5.41) is 0. The predicted molar refractivity (Wildman–Crippen MR) is 70.9 cm³/mol. The minimum Gasteiger partial charge on any atom is -0.357 e. The van der Waals surface area contributed by atoms with E-state index in [1.807, 2.05) is 0 Å². The van der Waals surface area contributed by atoms with Crippen molar-refractivity contribution in [2.75, 3.05) is 33.2 Å². The molecule has 0 aliphatic carbocycles. The molecule has 1 aliphatic rings. The van der Waals surface area contributed by atoms with Gasteiger partial charge < -0.3 is 15.2 Å². The van der Waals surface area contributed by atoms with Gasteiger partial charge in [0.2, 0.25) is 0 Å². The first-order valence-electron chi connectivity index (χ1n) is 6.38. The maximum Gasteiger partial charge on any atom is 0.0512 e. The fraction of sp³-hybridized carbons (Fsp3) is 0.692. The van der Waals surface area contributed by atoms with Crippen LogP contribution in [0.4, 0.5) is 0 Å². The van der Waals surface area contributed by atoms with Crippen molar-refractivity contribution >= 4 is 0 Å². The first kappa shape index (κ1) is 12.6. The fourth-order valence-corrected chi connectivity index (χ4v) is 2.65. The third kappa shape index (κ3) is 2.89. The Morgan fingerprint density at radius 3 is 2.29 bits per heavy atom. The van der Waals surface area contributed by atoms with E-state index in [0.29, 0.717) is 6.04 Å². The summed E-state index contributed by atoms with van der Waals surface area (Å²) in [6.07, 6.45) is 4.28. The van der Waals surface area contributed by atoms with Gasteiger partial charge in [0.05, 0.1) is 6.04 Å². The second-order valence-electron chi connectivity index (χ2n) is 5.25. The van der Waals surface area contributed by atoms with Crippen LogP contribution < -0.4 is 5.73 Å². The molecule has 1 saturated heterocycles. The lowest BCUT2D eigenvalue weighted by molar-refractivity contribution is 0.101. The molecular weight excluding hydrogens is 212 g/mol. The molecule has 4 heteroatoms. The van der Waals surface area contributed by atoms with E-state index >= 15 is 0 Å². The van der Waals surface area contributed by atoms with Crippen LogP contribution in [0.1, 0.15) is 18.5 Å². The molecule has 96 valence electrons. The topological polar surface area (TPSA) is 37.4 Å². The smallest absolute Gasteiger partial charge is 0.0512 e. The highest BCUT2D eigenvalue weighted by Gasteiger charge is 2.26. The normalized spacial score (nSPS) is 22.6. The second-order valence-corrected chi connectivity index (χ2v) is 5.25. The van der Waals surface area contributed by atoms with Crippen molar-refractivity contribution in [1.29, 1.82) is 0 Å². The van der Waals surface area contributed by atoms with E-state index in [9.17, 15) is 0 Å². The molecule has 0 saturated carbocycles. The van der Waals surface area contributed by atoms with E-state index in [2.05, 4.69) is 53.8 Å². The molecule has 2 atom stereocenters. The first-order valence-corrected chi connectivity index (χ1v) is 6.38. The Hall–Kier alpha value is -0.840. The maximum atomic E-state index is 6.18. The van der Waals surface area contributed by atoms with Gasteiger partial charge in [-0.25, -0.2) is 0 Å². The van der Waals surface area contributed by atoms with Gasteiger partial charge in [-0.15, -0.1) is 0 Å². The van der Waals surface area contributed by atoms with E-state index in [4.69, 9.17) is 5.73 Å². The van der Waals surface area contributed by atoms with Crippen LogP contribution in [-0.2, 0) is 7.05 Å². The van der Waals surface area contributed by atoms with Gasteiger partial charge in [0, 0.05) is 51.7 Å². The molecule has 0 aromatic carbocycles. The molecule has 2 unspecified atom stereocenters. The number of rotatable bonds is 3. The Kier molecular flexibility index (Phi) is 3.86. The van der Waals surface area contributed by atoms with Crippen LogP contribution in [0.5, 0.6) is 0 Å². The lowest BCUT2D eigenvalue weighted by atomic mass is 10.0. The zero-order chi connectivity index (χ0) is 12.4. The molecule has 0 radical (unpaired) electrons. The van der Waals surface area contributed by atoms with Crippen LogP contribution in [0.2, 0.25) is 0 Å². The van der Waals surface area contributed by atoms with Gasteiger partial charge >= 0.3 is 0 Å². The van der Waals surface area contributed by atoms with Crippen LogP contribution in [0.25, 0.3) is 0 Å². The van der Waals surface area contributed by atoms with Crippen molar-refractivity contribution in [3.63, 3.8) is 0 Å². The van der Waals surface area contributed by atoms with Gasteiger partial charge in [-0.3, -0.25) is 4.90 Å². The standard InChI is InChI=1S/C13H24N4/c1-11(14)13(12-4-5-16(3)10-12)17-8-6-15(2)7-9-17/h4-5,10-11,13H,6-9,14H2,1-3H3. The largest absolute Gasteiger partial charge is 0.357 e. The highest BCUT2D eigenvalue weighted by molar-refractivity contribution is 5.17. The van der Waals surface area contributed by atoms with Crippen molar-refractivity contribution < 1.29 is 0 Å². The van der Waals surface area contributed by atoms with Crippen molar-refractivity contribution in [3.8, 4) is 0 Å². The highest BCUT2D eigenvalue weighted by Crippen LogP contribution is 2.24. The molecule has 1 aromatic heterocycles. The van der Waals surface area contributed by atoms with Gasteiger partial charge in [-0.05, 0) is 25.6 Å². The Balaban J connectivity index is 2.12. The molecule has 0 bridgehead atoms. The van der Waals surface area contributed by atoms with Crippen LogP contribution in [0, 0.1) is 0 Å². The summed E-state index contributed by atoms with van der Waals surface area (Å²) >= 11 is 0. The number of nitrogens with two attached hydrogens (primary N) is 1. The average molecular weight is 236 g/mol. The Morgan fingerprint density at radius 2 is 1.82 bits per heavy atom.